The van der Waals surface area contributed by atoms with E-state index in [1.165, 1.54) is 12.1 Å². The highest BCUT2D eigenvalue weighted by atomic mass is 35.5. The lowest BCUT2D eigenvalue weighted by Gasteiger charge is -2.21. The van der Waals surface area contributed by atoms with E-state index in [-0.39, 0.29) is 22.1 Å². The van der Waals surface area contributed by atoms with Crippen LogP contribution in [0.15, 0.2) is 66.9 Å². The van der Waals surface area contributed by atoms with Crippen molar-refractivity contribution in [2.75, 3.05) is 0 Å². The number of carbonyl (C=O) groups excluding carboxylic acids is 3. The summed E-state index contributed by atoms with van der Waals surface area (Å²) in [6.07, 6.45) is -1.03. The first kappa shape index (κ1) is 27.8. The molecule has 0 saturated carbocycles. The minimum Gasteiger partial charge on any atom is -0.479 e. The second-order valence-corrected chi connectivity index (χ2v) is 8.85. The molecule has 3 aromatic rings. The maximum absolute atomic E-state index is 12.6. The fourth-order valence-electron chi connectivity index (χ4n) is 3.44. The van der Waals surface area contributed by atoms with Crippen LogP contribution in [0, 0.1) is 0 Å². The van der Waals surface area contributed by atoms with Gasteiger partial charge in [0, 0.05) is 23.7 Å². The number of carboxylic acids is 1. The van der Waals surface area contributed by atoms with Crippen LogP contribution in [0.25, 0.3) is 11.1 Å². The Hall–Kier alpha value is -3.83. The van der Waals surface area contributed by atoms with Gasteiger partial charge in [0.1, 0.15) is 5.15 Å². The molecule has 37 heavy (non-hydrogen) atoms. The number of carboxylic acid groups (broad SMARTS) is 1. The molecule has 2 aromatic carbocycles. The van der Waals surface area contributed by atoms with Crippen LogP contribution in [0.4, 0.5) is 0 Å². The predicted octanol–water partition coefficient (Wildman–Crippen LogP) is 2.46. The number of imide groups is 1. The van der Waals surface area contributed by atoms with Gasteiger partial charge in [-0.1, -0.05) is 59.6 Å². The van der Waals surface area contributed by atoms with E-state index in [4.69, 9.17) is 34.2 Å². The summed E-state index contributed by atoms with van der Waals surface area (Å²) in [7, 11) is 0. The van der Waals surface area contributed by atoms with Gasteiger partial charge in [0.05, 0.1) is 5.56 Å². The number of hydrazine groups is 1. The summed E-state index contributed by atoms with van der Waals surface area (Å²) in [5.41, 5.74) is 2.38. The number of carbonyl (C=O) groups is 4. The summed E-state index contributed by atoms with van der Waals surface area (Å²) in [4.78, 5) is 52.4. The lowest BCUT2D eigenvalue weighted by atomic mass is 9.98. The van der Waals surface area contributed by atoms with Crippen LogP contribution in [0.2, 0.25) is 10.2 Å². The van der Waals surface area contributed by atoms with Gasteiger partial charge in [-0.25, -0.2) is 20.6 Å². The second-order valence-electron chi connectivity index (χ2n) is 8.02. The molecule has 1 aromatic heterocycles. The Morgan fingerprint density at radius 3 is 2.30 bits per heavy atom. The molecule has 0 bridgehead atoms. The molecule has 0 spiro atoms. The minimum atomic E-state index is -1.80. The molecule has 0 aliphatic rings. The Bertz CT molecular complexity index is 1300. The molecular weight excluding hydrogens is 523 g/mol. The SMILES string of the molecule is NN(C(=O)C(=O)NC(Cc1ccc(-c2cccc(Cl)c2)cc1)CC(O)C(=O)O)C(=O)c1ccc(Cl)nc1. The minimum absolute atomic E-state index is 0.0781. The van der Waals surface area contributed by atoms with Gasteiger partial charge in [0.15, 0.2) is 6.10 Å². The van der Waals surface area contributed by atoms with Crippen molar-refractivity contribution in [3.63, 3.8) is 0 Å². The van der Waals surface area contributed by atoms with Crippen molar-refractivity contribution in [2.45, 2.75) is 25.0 Å². The second kappa shape index (κ2) is 12.4. The summed E-state index contributed by atoms with van der Waals surface area (Å²) in [6.45, 7) is 0. The zero-order valence-corrected chi connectivity index (χ0v) is 20.7. The molecule has 5 N–H and O–H groups in total. The van der Waals surface area contributed by atoms with Crippen LogP contribution in [0.5, 0.6) is 0 Å². The van der Waals surface area contributed by atoms with Gasteiger partial charge in [-0.15, -0.1) is 0 Å². The molecule has 2 atom stereocenters. The monoisotopic (exact) mass is 544 g/mol. The van der Waals surface area contributed by atoms with Crippen LogP contribution in [-0.4, -0.2) is 56.0 Å². The molecule has 192 valence electrons. The maximum Gasteiger partial charge on any atom is 0.333 e. The van der Waals surface area contributed by atoms with Gasteiger partial charge in [-0.3, -0.25) is 14.4 Å². The van der Waals surface area contributed by atoms with Crippen molar-refractivity contribution in [3.05, 3.63) is 88.2 Å². The number of hydrogen-bond donors (Lipinski definition) is 4. The lowest BCUT2D eigenvalue weighted by Crippen LogP contribution is -2.52. The highest BCUT2D eigenvalue weighted by Gasteiger charge is 2.29. The summed E-state index contributed by atoms with van der Waals surface area (Å²) >= 11 is 11.7. The first-order valence-electron chi connectivity index (χ1n) is 10.9. The smallest absolute Gasteiger partial charge is 0.333 e. The molecule has 1 heterocycles. The third-order valence-electron chi connectivity index (χ3n) is 5.33. The molecule has 0 aliphatic heterocycles. The maximum atomic E-state index is 12.6. The molecule has 2 unspecified atom stereocenters. The lowest BCUT2D eigenvalue weighted by molar-refractivity contribution is -0.148. The van der Waals surface area contributed by atoms with Crippen molar-refractivity contribution in [2.24, 2.45) is 5.84 Å². The van der Waals surface area contributed by atoms with Gasteiger partial charge in [0.2, 0.25) is 0 Å². The van der Waals surface area contributed by atoms with E-state index >= 15 is 0 Å². The number of aliphatic carboxylic acids is 1. The molecule has 12 heteroatoms. The quantitative estimate of drug-likeness (QED) is 0.110. The third-order valence-corrected chi connectivity index (χ3v) is 5.79. The van der Waals surface area contributed by atoms with Crippen LogP contribution in [0.3, 0.4) is 0 Å². The highest BCUT2D eigenvalue weighted by molar-refractivity contribution is 6.38. The number of nitrogens with zero attached hydrogens (tertiary/aromatic N) is 2. The van der Waals surface area contributed by atoms with Crippen molar-refractivity contribution in [1.82, 2.24) is 15.3 Å². The first-order valence-corrected chi connectivity index (χ1v) is 11.6. The highest BCUT2D eigenvalue weighted by Crippen LogP contribution is 2.23. The third kappa shape index (κ3) is 7.58. The molecule has 0 fully saturated rings. The number of nitrogens with two attached hydrogens (primary N) is 1. The summed E-state index contributed by atoms with van der Waals surface area (Å²) < 4.78 is 0. The standard InChI is InChI=1S/C25H22Cl2N4O6/c26-18-3-1-2-16(11-18)15-6-4-14(5-7-15)10-19(12-20(32)25(36)37)30-22(33)24(35)31(28)23(34)17-8-9-21(27)29-13-17/h1-9,11,13,19-20,32H,10,12,28H2,(H,30,33)(H,36,37). The topological polar surface area (TPSA) is 163 Å². The van der Waals surface area contributed by atoms with Crippen molar-refractivity contribution in [1.29, 1.82) is 0 Å². The number of rotatable bonds is 8. The summed E-state index contributed by atoms with van der Waals surface area (Å²) in [6, 6.07) is 16.0. The molecule has 3 amide bonds. The largest absolute Gasteiger partial charge is 0.479 e. The van der Waals surface area contributed by atoms with E-state index in [1.807, 2.05) is 24.3 Å². The number of amides is 3. The van der Waals surface area contributed by atoms with Gasteiger partial charge in [0.25, 0.3) is 5.91 Å². The van der Waals surface area contributed by atoms with Crippen LogP contribution in [0.1, 0.15) is 22.3 Å². The molecular formula is C25H22Cl2N4O6. The number of halogens is 2. The first-order chi connectivity index (χ1) is 17.5. The fraction of sp³-hybridized carbons (Fsp3) is 0.160. The van der Waals surface area contributed by atoms with Crippen molar-refractivity contribution >= 4 is 46.9 Å². The molecule has 10 nitrogen and oxygen atoms in total. The normalized spacial score (nSPS) is 12.3. The number of benzene rings is 2. The number of nitrogens with one attached hydrogen (secondary N) is 1. The van der Waals surface area contributed by atoms with Crippen molar-refractivity contribution < 1.29 is 29.4 Å². The Morgan fingerprint density at radius 2 is 1.70 bits per heavy atom. The average molecular weight is 545 g/mol. The van der Waals surface area contributed by atoms with Gasteiger partial charge in [-0.05, 0) is 47.4 Å². The Kier molecular flexibility index (Phi) is 9.31. The number of aliphatic hydroxyl groups is 1. The Balaban J connectivity index is 1.72. The van der Waals surface area contributed by atoms with Gasteiger partial charge >= 0.3 is 17.8 Å². The van der Waals surface area contributed by atoms with Crippen LogP contribution >= 0.6 is 23.2 Å². The number of hydrogen-bond acceptors (Lipinski definition) is 7. The van der Waals surface area contributed by atoms with Gasteiger partial charge in [-0.2, -0.15) is 0 Å². The van der Waals surface area contributed by atoms with Gasteiger partial charge < -0.3 is 15.5 Å². The number of aromatic nitrogens is 1. The number of aliphatic hydroxyl groups excluding tert-OH is 1. The molecule has 0 saturated heterocycles. The molecule has 3 rings (SSSR count). The van der Waals surface area contributed by atoms with Crippen LogP contribution < -0.4 is 11.2 Å². The fourth-order valence-corrected chi connectivity index (χ4v) is 3.74. The Labute approximate surface area is 221 Å². The average Bonchev–Trinajstić information content (AvgIpc) is 2.88. The van der Waals surface area contributed by atoms with E-state index in [0.717, 1.165) is 17.3 Å². The Morgan fingerprint density at radius 1 is 1.00 bits per heavy atom. The van der Waals surface area contributed by atoms with E-state index in [0.29, 0.717) is 10.6 Å². The van der Waals surface area contributed by atoms with E-state index < -0.39 is 42.3 Å². The van der Waals surface area contributed by atoms with Crippen molar-refractivity contribution in [3.8, 4) is 11.1 Å². The van der Waals surface area contributed by atoms with Crippen LogP contribution in [-0.2, 0) is 20.8 Å². The summed E-state index contributed by atoms with van der Waals surface area (Å²) in [5.74, 6) is 0.425. The molecule has 0 aliphatic carbocycles. The summed E-state index contributed by atoms with van der Waals surface area (Å²) in [5, 5.41) is 22.1. The zero-order valence-electron chi connectivity index (χ0n) is 19.2. The zero-order chi connectivity index (χ0) is 27.1. The number of pyridine rings is 1. The van der Waals surface area contributed by atoms with E-state index in [9.17, 15) is 24.3 Å². The van der Waals surface area contributed by atoms with E-state index in [1.54, 1.807) is 24.3 Å². The molecule has 0 radical (unpaired) electrons. The van der Waals surface area contributed by atoms with E-state index in [2.05, 4.69) is 10.3 Å². The predicted molar refractivity (Wildman–Crippen MR) is 135 cm³/mol.